The van der Waals surface area contributed by atoms with Crippen LogP contribution in [0.1, 0.15) is 29.7 Å². The third-order valence-electron chi connectivity index (χ3n) is 3.79. The predicted octanol–water partition coefficient (Wildman–Crippen LogP) is 2.55. The van der Waals surface area contributed by atoms with Crippen LogP contribution in [0, 0.1) is 10.1 Å². The van der Waals surface area contributed by atoms with E-state index in [1.54, 1.807) is 12.1 Å². The van der Waals surface area contributed by atoms with Gasteiger partial charge < -0.3 is 10.4 Å². The lowest BCUT2D eigenvalue weighted by atomic mass is 10.0. The first-order valence-electron chi connectivity index (χ1n) is 7.76. The summed E-state index contributed by atoms with van der Waals surface area (Å²) in [4.78, 5) is 22.4. The number of carbonyl (C=O) groups excluding carboxylic acids is 1. The number of nitrogens with zero attached hydrogens (tertiary/aromatic N) is 1. The monoisotopic (exact) mass is 328 g/mol. The zero-order chi connectivity index (χ0) is 17.5. The molecule has 0 aliphatic rings. The zero-order valence-electron chi connectivity index (χ0n) is 13.4. The SMILES string of the molecule is CCc1ccc(C(CO)NC(=O)Cc2cccc([N+](=O)[O-])c2)cc1. The lowest BCUT2D eigenvalue weighted by molar-refractivity contribution is -0.384. The van der Waals surface area contributed by atoms with Crippen LogP contribution in [0.2, 0.25) is 0 Å². The normalized spacial score (nSPS) is 11.8. The van der Waals surface area contributed by atoms with Crippen molar-refractivity contribution in [3.05, 3.63) is 75.3 Å². The van der Waals surface area contributed by atoms with Crippen LogP contribution in [0.15, 0.2) is 48.5 Å². The second-order valence-electron chi connectivity index (χ2n) is 5.50. The highest BCUT2D eigenvalue weighted by Gasteiger charge is 2.15. The van der Waals surface area contributed by atoms with E-state index in [4.69, 9.17) is 0 Å². The van der Waals surface area contributed by atoms with Crippen LogP contribution in [0.4, 0.5) is 5.69 Å². The number of aliphatic hydroxyl groups excluding tert-OH is 1. The number of benzene rings is 2. The second kappa shape index (κ2) is 8.21. The molecule has 0 saturated carbocycles. The molecule has 0 bridgehead atoms. The van der Waals surface area contributed by atoms with Gasteiger partial charge >= 0.3 is 0 Å². The molecule has 2 N–H and O–H groups in total. The van der Waals surface area contributed by atoms with Gasteiger partial charge in [-0.15, -0.1) is 0 Å². The highest BCUT2D eigenvalue weighted by atomic mass is 16.6. The molecule has 0 radical (unpaired) electrons. The van der Waals surface area contributed by atoms with Crippen molar-refractivity contribution in [1.29, 1.82) is 0 Å². The highest BCUT2D eigenvalue weighted by Crippen LogP contribution is 2.16. The van der Waals surface area contributed by atoms with Gasteiger partial charge in [0.05, 0.1) is 24.0 Å². The van der Waals surface area contributed by atoms with Crippen LogP contribution in [0.5, 0.6) is 0 Å². The van der Waals surface area contributed by atoms with Gasteiger partial charge in [-0.2, -0.15) is 0 Å². The van der Waals surface area contributed by atoms with Crippen LogP contribution in [0.3, 0.4) is 0 Å². The standard InChI is InChI=1S/C18H20N2O4/c1-2-13-6-8-15(9-7-13)17(12-21)19-18(22)11-14-4-3-5-16(10-14)20(23)24/h3-10,17,21H,2,11-12H2,1H3,(H,19,22). The first-order chi connectivity index (χ1) is 11.5. The Kier molecular flexibility index (Phi) is 6.03. The molecule has 24 heavy (non-hydrogen) atoms. The Hall–Kier alpha value is -2.73. The van der Waals surface area contributed by atoms with E-state index >= 15 is 0 Å². The predicted molar refractivity (Wildman–Crippen MR) is 90.6 cm³/mol. The Labute approximate surface area is 140 Å². The molecule has 2 rings (SSSR count). The van der Waals surface area contributed by atoms with E-state index < -0.39 is 11.0 Å². The van der Waals surface area contributed by atoms with Crippen molar-refractivity contribution >= 4 is 11.6 Å². The van der Waals surface area contributed by atoms with Crippen molar-refractivity contribution in [3.8, 4) is 0 Å². The van der Waals surface area contributed by atoms with E-state index in [1.807, 2.05) is 24.3 Å². The summed E-state index contributed by atoms with van der Waals surface area (Å²) in [7, 11) is 0. The van der Waals surface area contributed by atoms with Gasteiger partial charge in [0.15, 0.2) is 0 Å². The first kappa shape index (κ1) is 17.6. The molecule has 0 spiro atoms. The summed E-state index contributed by atoms with van der Waals surface area (Å²) in [5.41, 5.74) is 2.51. The van der Waals surface area contributed by atoms with Gasteiger partial charge in [-0.1, -0.05) is 43.3 Å². The smallest absolute Gasteiger partial charge is 0.269 e. The number of hydrogen-bond donors (Lipinski definition) is 2. The Morgan fingerprint density at radius 2 is 1.92 bits per heavy atom. The third kappa shape index (κ3) is 4.63. The van der Waals surface area contributed by atoms with E-state index in [9.17, 15) is 20.0 Å². The topological polar surface area (TPSA) is 92.5 Å². The maximum absolute atomic E-state index is 12.2. The van der Waals surface area contributed by atoms with E-state index in [1.165, 1.54) is 17.7 Å². The summed E-state index contributed by atoms with van der Waals surface area (Å²) in [6.07, 6.45) is 0.939. The summed E-state index contributed by atoms with van der Waals surface area (Å²) >= 11 is 0. The Morgan fingerprint density at radius 1 is 1.21 bits per heavy atom. The Balaban J connectivity index is 2.03. The number of nitro benzene ring substituents is 1. The van der Waals surface area contributed by atoms with Gasteiger partial charge in [-0.25, -0.2) is 0 Å². The molecule has 126 valence electrons. The minimum absolute atomic E-state index is 0.0191. The van der Waals surface area contributed by atoms with E-state index in [2.05, 4.69) is 12.2 Å². The molecule has 1 amide bonds. The van der Waals surface area contributed by atoms with E-state index in [0.717, 1.165) is 12.0 Å². The average molecular weight is 328 g/mol. The van der Waals surface area contributed by atoms with Gasteiger partial charge in [0.1, 0.15) is 0 Å². The average Bonchev–Trinajstić information content (AvgIpc) is 2.60. The van der Waals surface area contributed by atoms with Crippen molar-refractivity contribution in [2.45, 2.75) is 25.8 Å². The molecule has 1 atom stereocenters. The van der Waals surface area contributed by atoms with Gasteiger partial charge in [0.25, 0.3) is 5.69 Å². The fraction of sp³-hybridized carbons (Fsp3) is 0.278. The first-order valence-corrected chi connectivity index (χ1v) is 7.76. The molecule has 0 fully saturated rings. The van der Waals surface area contributed by atoms with Crippen molar-refractivity contribution in [2.24, 2.45) is 0 Å². The van der Waals surface area contributed by atoms with Crippen LogP contribution in [-0.4, -0.2) is 22.5 Å². The second-order valence-corrected chi connectivity index (χ2v) is 5.50. The molecule has 0 aliphatic heterocycles. The minimum Gasteiger partial charge on any atom is -0.394 e. The van der Waals surface area contributed by atoms with Gasteiger partial charge in [-0.3, -0.25) is 14.9 Å². The summed E-state index contributed by atoms with van der Waals surface area (Å²) < 4.78 is 0. The number of nitrogens with one attached hydrogen (secondary N) is 1. The molecule has 2 aromatic rings. The lowest BCUT2D eigenvalue weighted by Gasteiger charge is -2.17. The Bertz CT molecular complexity index is 713. The van der Waals surface area contributed by atoms with Gasteiger partial charge in [0.2, 0.25) is 5.91 Å². The molecule has 0 aliphatic carbocycles. The molecule has 6 heteroatoms. The molecule has 0 aromatic heterocycles. The van der Waals surface area contributed by atoms with E-state index in [0.29, 0.717) is 5.56 Å². The Morgan fingerprint density at radius 3 is 2.50 bits per heavy atom. The third-order valence-corrected chi connectivity index (χ3v) is 3.79. The van der Waals surface area contributed by atoms with Crippen LogP contribution in [0.25, 0.3) is 0 Å². The molecule has 6 nitrogen and oxygen atoms in total. The summed E-state index contributed by atoms with van der Waals surface area (Å²) in [5.74, 6) is -0.297. The lowest BCUT2D eigenvalue weighted by Crippen LogP contribution is -2.32. The van der Waals surface area contributed by atoms with Crippen molar-refractivity contribution < 1.29 is 14.8 Å². The summed E-state index contributed by atoms with van der Waals surface area (Å²) in [6.45, 7) is 1.84. The highest BCUT2D eigenvalue weighted by molar-refractivity contribution is 5.79. The minimum atomic E-state index is -0.498. The van der Waals surface area contributed by atoms with Crippen molar-refractivity contribution in [1.82, 2.24) is 5.32 Å². The largest absolute Gasteiger partial charge is 0.394 e. The molecule has 2 aromatic carbocycles. The van der Waals surface area contributed by atoms with Crippen LogP contribution in [-0.2, 0) is 17.6 Å². The number of aryl methyl sites for hydroxylation is 1. The molecular weight excluding hydrogens is 308 g/mol. The maximum atomic E-state index is 12.2. The number of nitro groups is 1. The number of amides is 1. The van der Waals surface area contributed by atoms with Crippen molar-refractivity contribution in [2.75, 3.05) is 6.61 Å². The zero-order valence-corrected chi connectivity index (χ0v) is 13.4. The van der Waals surface area contributed by atoms with Crippen molar-refractivity contribution in [3.63, 3.8) is 0 Å². The molecule has 1 unspecified atom stereocenters. The number of carbonyl (C=O) groups is 1. The van der Waals surface area contributed by atoms with Crippen LogP contribution < -0.4 is 5.32 Å². The molecule has 0 saturated heterocycles. The fourth-order valence-corrected chi connectivity index (χ4v) is 2.43. The molecular formula is C18H20N2O4. The van der Waals surface area contributed by atoms with Crippen LogP contribution >= 0.6 is 0 Å². The number of aliphatic hydroxyl groups is 1. The number of rotatable bonds is 7. The van der Waals surface area contributed by atoms with Gasteiger partial charge in [0, 0.05) is 12.1 Å². The fourth-order valence-electron chi connectivity index (χ4n) is 2.43. The maximum Gasteiger partial charge on any atom is 0.269 e. The molecule has 0 heterocycles. The van der Waals surface area contributed by atoms with E-state index in [-0.39, 0.29) is 24.6 Å². The van der Waals surface area contributed by atoms with Gasteiger partial charge in [-0.05, 0) is 23.1 Å². The summed E-state index contributed by atoms with van der Waals surface area (Å²) in [6, 6.07) is 13.2. The summed E-state index contributed by atoms with van der Waals surface area (Å²) in [5, 5.41) is 23.1. The number of hydrogen-bond acceptors (Lipinski definition) is 4. The number of non-ortho nitro benzene ring substituents is 1. The quantitative estimate of drug-likeness (QED) is 0.603.